The van der Waals surface area contributed by atoms with Crippen molar-refractivity contribution in [1.29, 1.82) is 5.26 Å². The molecule has 3 heterocycles. The fraction of sp³-hybridized carbons (Fsp3) is 0.385. The van der Waals surface area contributed by atoms with Crippen LogP contribution in [-0.2, 0) is 11.2 Å². The molecule has 3 atom stereocenters. The van der Waals surface area contributed by atoms with E-state index < -0.39 is 5.79 Å². The van der Waals surface area contributed by atoms with Gasteiger partial charge in [0.15, 0.2) is 5.79 Å². The number of hydrogen-bond donors (Lipinski definition) is 3. The van der Waals surface area contributed by atoms with Gasteiger partial charge in [-0.25, -0.2) is 15.0 Å². The minimum atomic E-state index is -1.22. The number of anilines is 2. The third-order valence-electron chi connectivity index (χ3n) is 6.81. The summed E-state index contributed by atoms with van der Waals surface area (Å²) in [7, 11) is 0. The highest BCUT2D eigenvalue weighted by molar-refractivity contribution is 5.86. The summed E-state index contributed by atoms with van der Waals surface area (Å²) in [4.78, 5) is 13.0. The van der Waals surface area contributed by atoms with Gasteiger partial charge in [0, 0.05) is 17.6 Å². The molecule has 35 heavy (non-hydrogen) atoms. The molecule has 1 aromatic carbocycles. The number of hydrogen-bond acceptors (Lipinski definition) is 8. The van der Waals surface area contributed by atoms with Crippen LogP contribution in [-0.4, -0.2) is 36.5 Å². The SMILES string of the molecule is CC(C)(O)O[C@H]1CC(n2ccc3c(N)ncnc32)CC1CCc1ccc2cc(C#N)c(N)nc2c1. The normalized spacial score (nSPS) is 20.5. The van der Waals surface area contributed by atoms with Crippen molar-refractivity contribution in [2.24, 2.45) is 5.92 Å². The number of rotatable bonds is 6. The minimum absolute atomic E-state index is 0.0935. The van der Waals surface area contributed by atoms with Crippen molar-refractivity contribution in [3.8, 4) is 6.07 Å². The molecule has 0 bridgehead atoms. The molecule has 0 aliphatic heterocycles. The number of nitrogen functional groups attached to an aromatic ring is 2. The summed E-state index contributed by atoms with van der Waals surface area (Å²) in [6.07, 6.45) is 6.81. The maximum atomic E-state index is 10.4. The number of pyridine rings is 1. The second-order valence-electron chi connectivity index (χ2n) is 9.81. The number of aryl methyl sites for hydroxylation is 1. The Morgan fingerprint density at radius 1 is 1.17 bits per heavy atom. The zero-order valence-electron chi connectivity index (χ0n) is 19.8. The number of nitriles is 1. The van der Waals surface area contributed by atoms with Gasteiger partial charge < -0.3 is 25.9 Å². The molecular formula is C26H29N7O2. The van der Waals surface area contributed by atoms with Crippen molar-refractivity contribution in [1.82, 2.24) is 19.5 Å². The van der Waals surface area contributed by atoms with Crippen LogP contribution in [0.1, 0.15) is 50.3 Å². The van der Waals surface area contributed by atoms with Crippen LogP contribution < -0.4 is 11.5 Å². The van der Waals surface area contributed by atoms with Crippen molar-refractivity contribution >= 4 is 33.6 Å². The first-order valence-corrected chi connectivity index (χ1v) is 11.8. The number of nitrogens with two attached hydrogens (primary N) is 2. The Morgan fingerprint density at radius 3 is 2.77 bits per heavy atom. The van der Waals surface area contributed by atoms with Crippen LogP contribution in [0.4, 0.5) is 11.6 Å². The first kappa shape index (κ1) is 23.0. The van der Waals surface area contributed by atoms with E-state index in [9.17, 15) is 10.4 Å². The van der Waals surface area contributed by atoms with Gasteiger partial charge in [-0.15, -0.1) is 0 Å². The van der Waals surface area contributed by atoms with Crippen LogP contribution in [0, 0.1) is 17.2 Å². The second-order valence-corrected chi connectivity index (χ2v) is 9.81. The number of nitrogens with zero attached hydrogens (tertiary/aromatic N) is 5. The maximum Gasteiger partial charge on any atom is 0.160 e. The summed E-state index contributed by atoms with van der Waals surface area (Å²) in [5.74, 6) is -0.248. The van der Waals surface area contributed by atoms with Crippen LogP contribution in [0.5, 0.6) is 0 Å². The second kappa shape index (κ2) is 8.80. The molecule has 1 aliphatic carbocycles. The lowest BCUT2D eigenvalue weighted by Crippen LogP contribution is -2.32. The third kappa shape index (κ3) is 4.63. The van der Waals surface area contributed by atoms with E-state index in [4.69, 9.17) is 16.2 Å². The summed E-state index contributed by atoms with van der Waals surface area (Å²) in [6, 6.07) is 12.1. The first-order valence-electron chi connectivity index (χ1n) is 11.8. The Morgan fingerprint density at radius 2 is 2.00 bits per heavy atom. The van der Waals surface area contributed by atoms with Crippen LogP contribution in [0.25, 0.3) is 21.9 Å². The number of aliphatic hydroxyl groups is 1. The van der Waals surface area contributed by atoms with Crippen molar-refractivity contribution in [3.05, 3.63) is 54.0 Å². The molecule has 1 aliphatic rings. The minimum Gasteiger partial charge on any atom is -0.383 e. The van der Waals surface area contributed by atoms with E-state index in [0.29, 0.717) is 11.4 Å². The molecule has 5 rings (SSSR count). The Kier molecular flexibility index (Phi) is 5.79. The van der Waals surface area contributed by atoms with E-state index in [2.05, 4.69) is 31.7 Å². The summed E-state index contributed by atoms with van der Waals surface area (Å²) in [5.41, 5.74) is 15.1. The Hall–Kier alpha value is -3.74. The van der Waals surface area contributed by atoms with Gasteiger partial charge in [-0.2, -0.15) is 5.26 Å². The van der Waals surface area contributed by atoms with E-state index in [1.165, 1.54) is 6.33 Å². The predicted molar refractivity (Wildman–Crippen MR) is 134 cm³/mol. The van der Waals surface area contributed by atoms with E-state index >= 15 is 0 Å². The average molecular weight is 472 g/mol. The summed E-state index contributed by atoms with van der Waals surface area (Å²) in [6.45, 7) is 3.34. The maximum absolute atomic E-state index is 10.4. The van der Waals surface area contributed by atoms with E-state index in [1.807, 2.05) is 24.4 Å². The van der Waals surface area contributed by atoms with E-state index in [0.717, 1.165) is 53.2 Å². The number of aromatic nitrogens is 4. The zero-order valence-corrected chi connectivity index (χ0v) is 19.8. The number of ether oxygens (including phenoxy) is 1. The lowest BCUT2D eigenvalue weighted by atomic mass is 9.95. The standard InChI is InChI=1S/C26H29N7O2/c1-26(2,34)35-22-12-19(33-8-7-20-24(29)30-14-31-25(20)33)11-17(22)6-4-15-3-5-16-10-18(13-27)23(28)32-21(16)9-15/h3,5,7-10,14,17,19,22,34H,4,6,11-12H2,1-2H3,(H2,28,32)(H2,29,30,31)/t17?,19?,22-/m0/s1. The van der Waals surface area contributed by atoms with Gasteiger partial charge in [-0.05, 0) is 69.2 Å². The largest absolute Gasteiger partial charge is 0.383 e. The highest BCUT2D eigenvalue weighted by Crippen LogP contribution is 2.42. The van der Waals surface area contributed by atoms with Crippen LogP contribution >= 0.6 is 0 Å². The van der Waals surface area contributed by atoms with Gasteiger partial charge in [-0.3, -0.25) is 0 Å². The molecule has 0 amide bonds. The predicted octanol–water partition coefficient (Wildman–Crippen LogP) is 3.71. The molecule has 4 aromatic rings. The van der Waals surface area contributed by atoms with Crippen LogP contribution in [0.15, 0.2) is 42.9 Å². The van der Waals surface area contributed by atoms with Crippen molar-refractivity contribution < 1.29 is 9.84 Å². The van der Waals surface area contributed by atoms with Gasteiger partial charge in [0.05, 0.1) is 22.6 Å². The molecule has 9 nitrogen and oxygen atoms in total. The molecule has 0 spiro atoms. The molecule has 0 saturated heterocycles. The molecule has 180 valence electrons. The Balaban J connectivity index is 1.37. The van der Waals surface area contributed by atoms with Crippen LogP contribution in [0.2, 0.25) is 0 Å². The fourth-order valence-electron chi connectivity index (χ4n) is 5.21. The Labute approximate surface area is 203 Å². The first-order chi connectivity index (χ1) is 16.7. The average Bonchev–Trinajstić information content (AvgIpc) is 3.40. The third-order valence-corrected chi connectivity index (χ3v) is 6.81. The lowest BCUT2D eigenvalue weighted by Gasteiger charge is -2.27. The van der Waals surface area contributed by atoms with Crippen molar-refractivity contribution in [2.45, 2.75) is 57.5 Å². The van der Waals surface area contributed by atoms with E-state index in [-0.39, 0.29) is 23.9 Å². The molecule has 3 aromatic heterocycles. The highest BCUT2D eigenvalue weighted by atomic mass is 16.6. The van der Waals surface area contributed by atoms with Crippen molar-refractivity contribution in [3.63, 3.8) is 0 Å². The zero-order chi connectivity index (χ0) is 24.7. The highest BCUT2D eigenvalue weighted by Gasteiger charge is 2.38. The number of fused-ring (bicyclic) bond motifs is 2. The fourth-order valence-corrected chi connectivity index (χ4v) is 5.21. The van der Waals surface area contributed by atoms with Gasteiger partial charge in [0.2, 0.25) is 0 Å². The van der Waals surface area contributed by atoms with Gasteiger partial charge in [0.25, 0.3) is 0 Å². The topological polar surface area (TPSA) is 149 Å². The molecule has 1 saturated carbocycles. The molecular weight excluding hydrogens is 442 g/mol. The monoisotopic (exact) mass is 471 g/mol. The summed E-state index contributed by atoms with van der Waals surface area (Å²) in [5, 5.41) is 21.3. The Bertz CT molecular complexity index is 1430. The van der Waals surface area contributed by atoms with Gasteiger partial charge in [-0.1, -0.05) is 12.1 Å². The molecule has 5 N–H and O–H groups in total. The quantitative estimate of drug-likeness (QED) is 0.360. The van der Waals surface area contributed by atoms with Crippen LogP contribution in [0.3, 0.4) is 0 Å². The van der Waals surface area contributed by atoms with E-state index in [1.54, 1.807) is 19.9 Å². The van der Waals surface area contributed by atoms with Crippen molar-refractivity contribution in [2.75, 3.05) is 11.5 Å². The van der Waals surface area contributed by atoms with Gasteiger partial charge >= 0.3 is 0 Å². The smallest absolute Gasteiger partial charge is 0.160 e. The lowest BCUT2D eigenvalue weighted by molar-refractivity contribution is -0.212. The summed E-state index contributed by atoms with van der Waals surface area (Å²) >= 11 is 0. The van der Waals surface area contributed by atoms with Gasteiger partial charge in [0.1, 0.15) is 29.7 Å². The molecule has 2 unspecified atom stereocenters. The summed E-state index contributed by atoms with van der Waals surface area (Å²) < 4.78 is 8.26. The molecule has 9 heteroatoms. The molecule has 1 fully saturated rings. The molecule has 0 radical (unpaired) electrons. The number of benzene rings is 1.